The molecular formula is C12H28N4O. The van der Waals surface area contributed by atoms with Gasteiger partial charge in [-0.2, -0.15) is 0 Å². The maximum Gasteiger partial charge on any atom is 0.191 e. The third-order valence-electron chi connectivity index (χ3n) is 2.51. The summed E-state index contributed by atoms with van der Waals surface area (Å²) < 4.78 is 5.03. The monoisotopic (exact) mass is 244 g/mol. The molecule has 0 saturated carbocycles. The number of hydrogen-bond donors (Lipinski definition) is 2. The molecule has 0 aliphatic carbocycles. The van der Waals surface area contributed by atoms with Gasteiger partial charge < -0.3 is 20.3 Å². The second-order valence-corrected chi connectivity index (χ2v) is 4.08. The normalized spacial score (nSPS) is 11.9. The van der Waals surface area contributed by atoms with Crippen LogP contribution >= 0.6 is 0 Å². The molecule has 2 N–H and O–H groups in total. The van der Waals surface area contributed by atoms with Crippen LogP contribution in [0.2, 0.25) is 0 Å². The molecule has 0 radical (unpaired) electrons. The Labute approximate surface area is 106 Å². The quantitative estimate of drug-likeness (QED) is 0.353. The largest absolute Gasteiger partial charge is 0.383 e. The zero-order valence-corrected chi connectivity index (χ0v) is 11.8. The molecule has 0 bridgehead atoms. The van der Waals surface area contributed by atoms with Gasteiger partial charge in [0.15, 0.2) is 5.96 Å². The number of methoxy groups -OCH3 is 1. The van der Waals surface area contributed by atoms with Crippen molar-refractivity contribution in [3.05, 3.63) is 0 Å². The molecule has 0 fully saturated rings. The number of nitrogens with one attached hydrogen (secondary N) is 2. The fourth-order valence-electron chi connectivity index (χ4n) is 1.33. The van der Waals surface area contributed by atoms with E-state index in [0.717, 1.165) is 38.7 Å². The molecule has 0 aromatic carbocycles. The predicted molar refractivity (Wildman–Crippen MR) is 73.6 cm³/mol. The highest BCUT2D eigenvalue weighted by molar-refractivity contribution is 5.79. The Morgan fingerprint density at radius 1 is 1.24 bits per heavy atom. The summed E-state index contributed by atoms with van der Waals surface area (Å²) >= 11 is 0. The highest BCUT2D eigenvalue weighted by Gasteiger charge is 1.99. The molecule has 5 heteroatoms. The summed E-state index contributed by atoms with van der Waals surface area (Å²) in [7, 11) is 5.62. The van der Waals surface area contributed by atoms with Crippen LogP contribution in [0.5, 0.6) is 0 Å². The van der Waals surface area contributed by atoms with Crippen LogP contribution in [0.25, 0.3) is 0 Å². The molecule has 0 aromatic heterocycles. The van der Waals surface area contributed by atoms with Crippen molar-refractivity contribution in [1.29, 1.82) is 0 Å². The zero-order valence-electron chi connectivity index (χ0n) is 11.8. The van der Waals surface area contributed by atoms with E-state index in [1.54, 1.807) is 14.2 Å². The molecule has 0 heterocycles. The minimum atomic E-state index is 0.778. The van der Waals surface area contributed by atoms with Crippen molar-refractivity contribution in [1.82, 2.24) is 15.5 Å². The van der Waals surface area contributed by atoms with E-state index >= 15 is 0 Å². The van der Waals surface area contributed by atoms with Gasteiger partial charge >= 0.3 is 0 Å². The van der Waals surface area contributed by atoms with Gasteiger partial charge in [0.1, 0.15) is 0 Å². The standard InChI is InChI=1S/C12H28N4O/c1-5-6-7-14-12(13-2)15-8-9-16(3)10-11-17-4/h5-11H2,1-4H3,(H2,13,14,15). The molecule has 0 rings (SSSR count). The molecule has 0 amide bonds. The molecule has 17 heavy (non-hydrogen) atoms. The van der Waals surface area contributed by atoms with E-state index in [2.05, 4.69) is 34.5 Å². The van der Waals surface area contributed by atoms with E-state index < -0.39 is 0 Å². The van der Waals surface area contributed by atoms with Crippen LogP contribution in [0.3, 0.4) is 0 Å². The first kappa shape index (κ1) is 16.2. The zero-order chi connectivity index (χ0) is 12.9. The van der Waals surface area contributed by atoms with Gasteiger partial charge in [-0.05, 0) is 13.5 Å². The smallest absolute Gasteiger partial charge is 0.191 e. The minimum absolute atomic E-state index is 0.778. The Balaban J connectivity index is 3.55. The number of hydrogen-bond acceptors (Lipinski definition) is 3. The molecule has 0 aliphatic rings. The summed E-state index contributed by atoms with van der Waals surface area (Å²) in [5.41, 5.74) is 0. The lowest BCUT2D eigenvalue weighted by molar-refractivity contribution is 0.162. The summed E-state index contributed by atoms with van der Waals surface area (Å²) in [5, 5.41) is 6.57. The Bertz CT molecular complexity index is 197. The van der Waals surface area contributed by atoms with E-state index in [-0.39, 0.29) is 0 Å². The van der Waals surface area contributed by atoms with Crippen LogP contribution in [0.15, 0.2) is 4.99 Å². The fourth-order valence-corrected chi connectivity index (χ4v) is 1.33. The first-order valence-electron chi connectivity index (χ1n) is 6.36. The van der Waals surface area contributed by atoms with Gasteiger partial charge in [-0.1, -0.05) is 13.3 Å². The van der Waals surface area contributed by atoms with Gasteiger partial charge in [0.2, 0.25) is 0 Å². The number of rotatable bonds is 9. The molecule has 0 unspecified atom stereocenters. The summed E-state index contributed by atoms with van der Waals surface area (Å²) in [6, 6.07) is 0. The first-order valence-corrected chi connectivity index (χ1v) is 6.36. The van der Waals surface area contributed by atoms with Gasteiger partial charge in [0.25, 0.3) is 0 Å². The van der Waals surface area contributed by atoms with Crippen molar-refractivity contribution in [2.75, 3.05) is 54.0 Å². The van der Waals surface area contributed by atoms with Crippen molar-refractivity contribution < 1.29 is 4.74 Å². The van der Waals surface area contributed by atoms with Crippen LogP contribution in [0.4, 0.5) is 0 Å². The number of aliphatic imine (C=N–C) groups is 1. The third-order valence-corrected chi connectivity index (χ3v) is 2.51. The maximum atomic E-state index is 5.03. The van der Waals surface area contributed by atoms with Crippen molar-refractivity contribution in [2.24, 2.45) is 4.99 Å². The van der Waals surface area contributed by atoms with Gasteiger partial charge in [0.05, 0.1) is 6.61 Å². The van der Waals surface area contributed by atoms with Crippen molar-refractivity contribution in [3.8, 4) is 0 Å². The van der Waals surface area contributed by atoms with E-state index in [1.807, 2.05) is 0 Å². The maximum absolute atomic E-state index is 5.03. The summed E-state index contributed by atoms with van der Waals surface area (Å²) in [6.45, 7) is 6.78. The van der Waals surface area contributed by atoms with E-state index in [4.69, 9.17) is 4.74 Å². The Morgan fingerprint density at radius 2 is 1.94 bits per heavy atom. The molecule has 0 aromatic rings. The molecule has 102 valence electrons. The Kier molecular flexibility index (Phi) is 11.1. The first-order chi connectivity index (χ1) is 8.24. The van der Waals surface area contributed by atoms with Gasteiger partial charge in [-0.3, -0.25) is 4.99 Å². The van der Waals surface area contributed by atoms with Gasteiger partial charge in [-0.15, -0.1) is 0 Å². The summed E-state index contributed by atoms with van der Waals surface area (Å²) in [6.07, 6.45) is 2.37. The Morgan fingerprint density at radius 3 is 2.53 bits per heavy atom. The predicted octanol–water partition coefficient (Wildman–Crippen LogP) is 0.530. The number of guanidine groups is 1. The van der Waals surface area contributed by atoms with Crippen LogP contribution in [0, 0.1) is 0 Å². The van der Waals surface area contributed by atoms with E-state index in [9.17, 15) is 0 Å². The Hall–Kier alpha value is -0.810. The summed E-state index contributed by atoms with van der Waals surface area (Å²) in [4.78, 5) is 6.40. The van der Waals surface area contributed by atoms with Crippen molar-refractivity contribution in [2.45, 2.75) is 19.8 Å². The third kappa shape index (κ3) is 10.1. The summed E-state index contributed by atoms with van der Waals surface area (Å²) in [5.74, 6) is 0.888. The van der Waals surface area contributed by atoms with Crippen LogP contribution in [-0.2, 0) is 4.74 Å². The topological polar surface area (TPSA) is 48.9 Å². The van der Waals surface area contributed by atoms with Crippen LogP contribution in [-0.4, -0.2) is 64.9 Å². The molecule has 0 saturated heterocycles. The molecule has 5 nitrogen and oxygen atoms in total. The highest BCUT2D eigenvalue weighted by Crippen LogP contribution is 1.83. The minimum Gasteiger partial charge on any atom is -0.383 e. The van der Waals surface area contributed by atoms with E-state index in [1.165, 1.54) is 12.8 Å². The van der Waals surface area contributed by atoms with E-state index in [0.29, 0.717) is 0 Å². The number of nitrogens with zero attached hydrogens (tertiary/aromatic N) is 2. The average molecular weight is 244 g/mol. The number of likely N-dealkylation sites (N-methyl/N-ethyl adjacent to an activating group) is 1. The lowest BCUT2D eigenvalue weighted by atomic mass is 10.3. The SMILES string of the molecule is CCCCNC(=NC)NCCN(C)CCOC. The van der Waals surface area contributed by atoms with Crippen molar-refractivity contribution >= 4 is 5.96 Å². The molecule has 0 aliphatic heterocycles. The van der Waals surface area contributed by atoms with Gasteiger partial charge in [0, 0.05) is 40.3 Å². The lowest BCUT2D eigenvalue weighted by Crippen LogP contribution is -2.41. The lowest BCUT2D eigenvalue weighted by Gasteiger charge is -2.17. The highest BCUT2D eigenvalue weighted by atomic mass is 16.5. The molecular weight excluding hydrogens is 216 g/mol. The number of unbranched alkanes of at least 4 members (excludes halogenated alkanes) is 1. The molecule has 0 atom stereocenters. The number of ether oxygens (including phenoxy) is 1. The fraction of sp³-hybridized carbons (Fsp3) is 0.917. The molecule has 0 spiro atoms. The van der Waals surface area contributed by atoms with Crippen LogP contribution in [0.1, 0.15) is 19.8 Å². The second kappa shape index (κ2) is 11.7. The second-order valence-electron chi connectivity index (χ2n) is 4.08. The van der Waals surface area contributed by atoms with Crippen LogP contribution < -0.4 is 10.6 Å². The van der Waals surface area contributed by atoms with Crippen molar-refractivity contribution in [3.63, 3.8) is 0 Å². The average Bonchev–Trinajstić information content (AvgIpc) is 2.34. The van der Waals surface area contributed by atoms with Gasteiger partial charge in [-0.25, -0.2) is 0 Å².